The number of carbonyl (C=O) groups is 1. The van der Waals surface area contributed by atoms with Gasteiger partial charge in [0.25, 0.3) is 0 Å². The van der Waals surface area contributed by atoms with Crippen LogP contribution in [-0.4, -0.2) is 11.0 Å². The van der Waals surface area contributed by atoms with Gasteiger partial charge < -0.3 is 10.4 Å². The minimum absolute atomic E-state index is 0.160. The third kappa shape index (κ3) is 9.78. The normalized spacial score (nSPS) is 19.2. The average molecular weight is 410 g/mol. The highest BCUT2D eigenvalue weighted by Gasteiger charge is 2.26. The zero-order valence-electron chi connectivity index (χ0n) is 19.8. The van der Waals surface area contributed by atoms with Gasteiger partial charge in [-0.2, -0.15) is 0 Å². The molecule has 0 aromatic rings. The maximum atomic E-state index is 12.0. The molecule has 30 heavy (non-hydrogen) atoms. The summed E-state index contributed by atoms with van der Waals surface area (Å²) in [5.41, 5.74) is 6.13. The van der Waals surface area contributed by atoms with Gasteiger partial charge >= 0.3 is 0 Å². The van der Waals surface area contributed by atoms with Gasteiger partial charge in [0, 0.05) is 11.8 Å². The van der Waals surface area contributed by atoms with Crippen molar-refractivity contribution in [2.24, 2.45) is 5.41 Å². The molecule has 0 aromatic carbocycles. The van der Waals surface area contributed by atoms with Gasteiger partial charge in [-0.1, -0.05) is 60.9 Å². The zero-order chi connectivity index (χ0) is 22.7. The molecule has 0 saturated heterocycles. The third-order valence-corrected chi connectivity index (χ3v) is 5.26. The molecule has 1 aliphatic carbocycles. The molecule has 0 saturated carbocycles. The van der Waals surface area contributed by atoms with E-state index in [0.29, 0.717) is 5.70 Å². The Kier molecular flexibility index (Phi) is 10.4. The van der Waals surface area contributed by atoms with E-state index in [1.165, 1.54) is 36.0 Å². The SMILES string of the molecule is CC1=C(/C=C/C(C)=C/C=C/C/C(C)=C/C(=O)N/C(C)=C/C=C(\C)O)C(C)(C)CCC1. The van der Waals surface area contributed by atoms with Gasteiger partial charge in [0.15, 0.2) is 0 Å². The molecular formula is C27H39NO2. The van der Waals surface area contributed by atoms with Crippen molar-refractivity contribution in [1.29, 1.82) is 0 Å². The molecule has 1 amide bonds. The average Bonchev–Trinajstić information content (AvgIpc) is 2.62. The van der Waals surface area contributed by atoms with Crippen LogP contribution in [0.1, 0.15) is 74.1 Å². The first-order valence-electron chi connectivity index (χ1n) is 10.8. The number of hydrogen-bond acceptors (Lipinski definition) is 2. The lowest BCUT2D eigenvalue weighted by molar-refractivity contribution is -0.115. The largest absolute Gasteiger partial charge is 0.513 e. The predicted molar refractivity (Wildman–Crippen MR) is 129 cm³/mol. The number of hydrogen-bond donors (Lipinski definition) is 2. The quantitative estimate of drug-likeness (QED) is 0.249. The van der Waals surface area contributed by atoms with E-state index in [9.17, 15) is 4.79 Å². The lowest BCUT2D eigenvalue weighted by Crippen LogP contribution is -2.19. The molecule has 3 nitrogen and oxygen atoms in total. The molecule has 3 heteroatoms. The van der Waals surface area contributed by atoms with Gasteiger partial charge in [0.05, 0.1) is 5.76 Å². The van der Waals surface area contributed by atoms with Gasteiger partial charge in [0.1, 0.15) is 0 Å². The first-order chi connectivity index (χ1) is 14.0. The fourth-order valence-electron chi connectivity index (χ4n) is 3.55. The van der Waals surface area contributed by atoms with E-state index in [1.54, 1.807) is 32.1 Å². The topological polar surface area (TPSA) is 49.3 Å². The van der Waals surface area contributed by atoms with E-state index in [1.807, 2.05) is 13.0 Å². The summed E-state index contributed by atoms with van der Waals surface area (Å²) in [4.78, 5) is 12.0. The monoisotopic (exact) mass is 409 g/mol. The number of carbonyl (C=O) groups excluding carboxylic acids is 1. The van der Waals surface area contributed by atoms with Crippen molar-refractivity contribution >= 4 is 5.91 Å². The van der Waals surface area contributed by atoms with Crippen LogP contribution in [0.3, 0.4) is 0 Å². The second kappa shape index (κ2) is 12.2. The van der Waals surface area contributed by atoms with Crippen LogP contribution >= 0.6 is 0 Å². The van der Waals surface area contributed by atoms with E-state index in [4.69, 9.17) is 5.11 Å². The summed E-state index contributed by atoms with van der Waals surface area (Å²) in [6.45, 7) is 14.4. The number of nitrogens with one attached hydrogen (secondary N) is 1. The number of allylic oxidation sites excluding steroid dienone is 13. The van der Waals surface area contributed by atoms with E-state index in [2.05, 4.69) is 57.3 Å². The van der Waals surface area contributed by atoms with Crippen LogP contribution in [0.15, 0.2) is 82.4 Å². The van der Waals surface area contributed by atoms with E-state index in [0.717, 1.165) is 12.0 Å². The highest BCUT2D eigenvalue weighted by molar-refractivity contribution is 5.89. The summed E-state index contributed by atoms with van der Waals surface area (Å²) in [5.74, 6) is 0.0417. The van der Waals surface area contributed by atoms with Gasteiger partial charge in [0.2, 0.25) is 5.91 Å². The molecular weight excluding hydrogens is 370 g/mol. The Labute approximate surface area is 183 Å². The summed E-state index contributed by atoms with van der Waals surface area (Å²) in [5, 5.41) is 11.9. The molecule has 0 aliphatic heterocycles. The second-order valence-electron chi connectivity index (χ2n) is 8.95. The standard InChI is InChI=1S/C27H39NO2/c1-20(14-17-25-22(3)13-10-18-27(25,6)7)11-8-9-12-21(2)19-26(30)28-23(4)15-16-24(5)29/h8-9,11,14-17,19,29H,10,12-13,18H2,1-7H3,(H,28,30)/b9-8+,17-14+,20-11+,21-19+,23-15+,24-16+. The van der Waals surface area contributed by atoms with Gasteiger partial charge in [-0.15, -0.1) is 0 Å². The molecule has 0 atom stereocenters. The van der Waals surface area contributed by atoms with Gasteiger partial charge in [-0.25, -0.2) is 0 Å². The smallest absolute Gasteiger partial charge is 0.248 e. The number of aliphatic hydroxyl groups is 1. The Morgan fingerprint density at radius 2 is 1.83 bits per heavy atom. The van der Waals surface area contributed by atoms with Crippen molar-refractivity contribution in [3.63, 3.8) is 0 Å². The fourth-order valence-corrected chi connectivity index (χ4v) is 3.55. The molecule has 0 bridgehead atoms. The molecule has 0 heterocycles. The molecule has 0 unspecified atom stereocenters. The van der Waals surface area contributed by atoms with Crippen LogP contribution in [0.5, 0.6) is 0 Å². The molecule has 0 radical (unpaired) electrons. The lowest BCUT2D eigenvalue weighted by atomic mass is 9.72. The van der Waals surface area contributed by atoms with Crippen molar-refractivity contribution in [2.45, 2.75) is 74.1 Å². The van der Waals surface area contributed by atoms with E-state index in [-0.39, 0.29) is 17.1 Å². The first-order valence-corrected chi connectivity index (χ1v) is 10.8. The maximum Gasteiger partial charge on any atom is 0.248 e. The Hall–Kier alpha value is -2.55. The van der Waals surface area contributed by atoms with E-state index >= 15 is 0 Å². The molecule has 1 aliphatic rings. The Balaban J connectivity index is 2.61. The van der Waals surface area contributed by atoms with Crippen molar-refractivity contribution in [1.82, 2.24) is 5.32 Å². The van der Waals surface area contributed by atoms with Crippen LogP contribution in [0, 0.1) is 5.41 Å². The van der Waals surface area contributed by atoms with Crippen molar-refractivity contribution in [3.8, 4) is 0 Å². The summed E-state index contributed by atoms with van der Waals surface area (Å²) in [6, 6.07) is 0. The van der Waals surface area contributed by atoms with Gasteiger partial charge in [-0.3, -0.25) is 4.79 Å². The summed E-state index contributed by atoms with van der Waals surface area (Å²) in [6.07, 6.45) is 20.0. The predicted octanol–water partition coefficient (Wildman–Crippen LogP) is 7.39. The molecule has 1 rings (SSSR count). The Bertz CT molecular complexity index is 823. The highest BCUT2D eigenvalue weighted by Crippen LogP contribution is 2.40. The lowest BCUT2D eigenvalue weighted by Gasteiger charge is -2.32. The minimum atomic E-state index is -0.160. The molecule has 2 N–H and O–H groups in total. The fraction of sp³-hybridized carbons (Fsp3) is 0.444. The summed E-state index contributed by atoms with van der Waals surface area (Å²) in [7, 11) is 0. The minimum Gasteiger partial charge on any atom is -0.513 e. The van der Waals surface area contributed by atoms with E-state index < -0.39 is 0 Å². The van der Waals surface area contributed by atoms with Crippen LogP contribution < -0.4 is 5.32 Å². The van der Waals surface area contributed by atoms with Crippen molar-refractivity contribution < 1.29 is 9.90 Å². The molecule has 0 spiro atoms. The number of rotatable bonds is 8. The number of aliphatic hydroxyl groups excluding tert-OH is 1. The highest BCUT2D eigenvalue weighted by atomic mass is 16.3. The second-order valence-corrected chi connectivity index (χ2v) is 8.95. The Morgan fingerprint density at radius 3 is 2.47 bits per heavy atom. The van der Waals surface area contributed by atoms with Crippen molar-refractivity contribution in [2.75, 3.05) is 0 Å². The summed E-state index contributed by atoms with van der Waals surface area (Å²) >= 11 is 0. The first kappa shape index (κ1) is 25.5. The maximum absolute atomic E-state index is 12.0. The van der Waals surface area contributed by atoms with Crippen LogP contribution in [-0.2, 0) is 4.79 Å². The summed E-state index contributed by atoms with van der Waals surface area (Å²) < 4.78 is 0. The van der Waals surface area contributed by atoms with Crippen LogP contribution in [0.4, 0.5) is 0 Å². The Morgan fingerprint density at radius 1 is 1.13 bits per heavy atom. The number of amides is 1. The zero-order valence-corrected chi connectivity index (χ0v) is 19.8. The molecule has 0 fully saturated rings. The van der Waals surface area contributed by atoms with Crippen LogP contribution in [0.25, 0.3) is 0 Å². The third-order valence-electron chi connectivity index (χ3n) is 5.26. The van der Waals surface area contributed by atoms with Gasteiger partial charge in [-0.05, 0) is 83.4 Å². The molecule has 0 aromatic heterocycles. The van der Waals surface area contributed by atoms with Crippen LogP contribution in [0.2, 0.25) is 0 Å². The molecule has 164 valence electrons. The van der Waals surface area contributed by atoms with Crippen molar-refractivity contribution in [3.05, 3.63) is 82.4 Å².